The molecule has 1 atom stereocenters. The lowest BCUT2D eigenvalue weighted by atomic mass is 9.86. The van der Waals surface area contributed by atoms with Crippen LogP contribution >= 0.6 is 12.4 Å². The maximum absolute atomic E-state index is 11.9. The van der Waals surface area contributed by atoms with Crippen molar-refractivity contribution >= 4 is 18.3 Å². The summed E-state index contributed by atoms with van der Waals surface area (Å²) in [7, 11) is 0. The van der Waals surface area contributed by atoms with Gasteiger partial charge in [-0.15, -0.1) is 12.4 Å². The molecule has 1 amide bonds. The van der Waals surface area contributed by atoms with E-state index in [1.807, 2.05) is 0 Å². The number of nitrogens with zero attached hydrogens (tertiary/aromatic N) is 1. The number of carbonyl (C=O) groups excluding carboxylic acids is 1. The van der Waals surface area contributed by atoms with E-state index in [4.69, 9.17) is 0 Å². The van der Waals surface area contributed by atoms with Crippen LogP contribution in [-0.2, 0) is 4.79 Å². The molecule has 1 aliphatic carbocycles. The minimum atomic E-state index is 0. The van der Waals surface area contributed by atoms with E-state index in [-0.39, 0.29) is 12.4 Å². The Morgan fingerprint density at radius 3 is 2.73 bits per heavy atom. The van der Waals surface area contributed by atoms with Crippen molar-refractivity contribution in [3.05, 3.63) is 0 Å². The van der Waals surface area contributed by atoms with Crippen molar-refractivity contribution in [2.24, 2.45) is 11.3 Å². The molecule has 1 saturated carbocycles. The van der Waals surface area contributed by atoms with Crippen molar-refractivity contribution in [1.29, 1.82) is 0 Å². The van der Waals surface area contributed by atoms with Gasteiger partial charge in [0.2, 0.25) is 5.91 Å². The van der Waals surface area contributed by atoms with Gasteiger partial charge in [0.05, 0.1) is 0 Å². The lowest BCUT2D eigenvalue weighted by molar-refractivity contribution is -0.131. The van der Waals surface area contributed by atoms with E-state index >= 15 is 0 Å². The Morgan fingerprint density at radius 2 is 2.13 bits per heavy atom. The molecular weight excluding hydrogens is 212 g/mol. The third-order valence-corrected chi connectivity index (χ3v) is 4.01. The molecule has 0 bridgehead atoms. The first-order valence-electron chi connectivity index (χ1n) is 5.79. The Hall–Kier alpha value is -0.280. The summed E-state index contributed by atoms with van der Waals surface area (Å²) in [6, 6.07) is 0. The zero-order valence-electron chi connectivity index (χ0n) is 9.00. The van der Waals surface area contributed by atoms with Crippen LogP contribution in [0.2, 0.25) is 0 Å². The van der Waals surface area contributed by atoms with Gasteiger partial charge in [-0.1, -0.05) is 0 Å². The Kier molecular flexibility index (Phi) is 2.95. The number of rotatable bonds is 1. The predicted molar refractivity (Wildman–Crippen MR) is 61.1 cm³/mol. The van der Waals surface area contributed by atoms with Crippen molar-refractivity contribution in [3.8, 4) is 0 Å². The lowest BCUT2D eigenvalue weighted by Crippen LogP contribution is -2.34. The van der Waals surface area contributed by atoms with Crippen molar-refractivity contribution in [3.63, 3.8) is 0 Å². The van der Waals surface area contributed by atoms with Crippen molar-refractivity contribution in [2.75, 3.05) is 26.2 Å². The Balaban J connectivity index is 0.000000853. The average molecular weight is 231 g/mol. The Labute approximate surface area is 97.0 Å². The van der Waals surface area contributed by atoms with E-state index in [9.17, 15) is 4.79 Å². The molecule has 2 aliphatic heterocycles. The summed E-state index contributed by atoms with van der Waals surface area (Å²) in [6.07, 6.45) is 4.76. The van der Waals surface area contributed by atoms with Crippen LogP contribution in [0.25, 0.3) is 0 Å². The predicted octanol–water partition coefficient (Wildman–Crippen LogP) is 1.03. The molecule has 86 valence electrons. The van der Waals surface area contributed by atoms with Gasteiger partial charge in [0.25, 0.3) is 0 Å². The largest absolute Gasteiger partial charge is 0.342 e. The second-order valence-corrected chi connectivity index (χ2v) is 5.21. The van der Waals surface area contributed by atoms with Crippen LogP contribution in [0.3, 0.4) is 0 Å². The van der Waals surface area contributed by atoms with Crippen LogP contribution in [0.5, 0.6) is 0 Å². The molecule has 4 heteroatoms. The molecule has 3 fully saturated rings. The maximum Gasteiger partial charge on any atom is 0.225 e. The number of likely N-dealkylation sites (tertiary alicyclic amines) is 1. The zero-order chi connectivity index (χ0) is 9.60. The normalized spacial score (nSPS) is 34.5. The molecule has 3 nitrogen and oxygen atoms in total. The summed E-state index contributed by atoms with van der Waals surface area (Å²) in [5.41, 5.74) is 0.449. The third kappa shape index (κ3) is 2.00. The third-order valence-electron chi connectivity index (χ3n) is 4.01. The van der Waals surface area contributed by atoms with E-state index < -0.39 is 0 Å². The highest BCUT2D eigenvalue weighted by Crippen LogP contribution is 2.39. The number of hydrogen-bond donors (Lipinski definition) is 1. The molecule has 2 heterocycles. The molecule has 3 aliphatic rings. The fraction of sp³-hybridized carbons (Fsp3) is 0.909. The summed E-state index contributed by atoms with van der Waals surface area (Å²) in [5.74, 6) is 0.841. The fourth-order valence-electron chi connectivity index (χ4n) is 2.86. The second kappa shape index (κ2) is 3.95. The summed E-state index contributed by atoms with van der Waals surface area (Å²) in [6.45, 7) is 4.30. The van der Waals surface area contributed by atoms with Crippen LogP contribution in [0.1, 0.15) is 25.7 Å². The number of amides is 1. The van der Waals surface area contributed by atoms with E-state index in [0.29, 0.717) is 17.2 Å². The molecule has 0 aromatic heterocycles. The van der Waals surface area contributed by atoms with Gasteiger partial charge in [0.1, 0.15) is 0 Å². The van der Waals surface area contributed by atoms with Gasteiger partial charge < -0.3 is 10.2 Å². The van der Waals surface area contributed by atoms with E-state index in [0.717, 1.165) is 39.0 Å². The average Bonchev–Trinajstić information content (AvgIpc) is 2.82. The highest BCUT2D eigenvalue weighted by molar-refractivity contribution is 5.85. The maximum atomic E-state index is 11.9. The molecule has 0 aromatic rings. The van der Waals surface area contributed by atoms with Gasteiger partial charge >= 0.3 is 0 Å². The van der Waals surface area contributed by atoms with E-state index in [1.165, 1.54) is 12.8 Å². The van der Waals surface area contributed by atoms with Crippen LogP contribution in [-0.4, -0.2) is 37.0 Å². The second-order valence-electron chi connectivity index (χ2n) is 5.21. The topological polar surface area (TPSA) is 32.3 Å². The summed E-state index contributed by atoms with van der Waals surface area (Å²) < 4.78 is 0. The van der Waals surface area contributed by atoms with Gasteiger partial charge in [-0.2, -0.15) is 0 Å². The van der Waals surface area contributed by atoms with Gasteiger partial charge in [-0.05, 0) is 32.2 Å². The standard InChI is InChI=1S/C11H18N2O.ClH/c14-10(9-1-2-9)13-6-4-11(8-13)3-5-12-7-11;/h9,12H,1-8H2;1H. The van der Waals surface area contributed by atoms with Crippen LogP contribution in [0.15, 0.2) is 0 Å². The minimum absolute atomic E-state index is 0. The SMILES string of the molecule is Cl.O=C(C1CC1)N1CCC2(CCNC2)C1. The summed E-state index contributed by atoms with van der Waals surface area (Å²) in [5, 5.41) is 3.42. The van der Waals surface area contributed by atoms with Gasteiger partial charge in [0.15, 0.2) is 0 Å². The van der Waals surface area contributed by atoms with Crippen LogP contribution < -0.4 is 5.32 Å². The fourth-order valence-corrected chi connectivity index (χ4v) is 2.86. The minimum Gasteiger partial charge on any atom is -0.342 e. The van der Waals surface area contributed by atoms with Crippen molar-refractivity contribution < 1.29 is 4.79 Å². The molecule has 1 N–H and O–H groups in total. The van der Waals surface area contributed by atoms with Gasteiger partial charge in [-0.25, -0.2) is 0 Å². The van der Waals surface area contributed by atoms with E-state index in [2.05, 4.69) is 10.2 Å². The van der Waals surface area contributed by atoms with Crippen LogP contribution in [0.4, 0.5) is 0 Å². The Morgan fingerprint density at radius 1 is 1.33 bits per heavy atom. The van der Waals surface area contributed by atoms with Gasteiger partial charge in [0, 0.05) is 31.0 Å². The molecule has 0 aromatic carbocycles. The summed E-state index contributed by atoms with van der Waals surface area (Å²) in [4.78, 5) is 14.0. The molecule has 1 unspecified atom stereocenters. The van der Waals surface area contributed by atoms with Crippen LogP contribution in [0, 0.1) is 11.3 Å². The van der Waals surface area contributed by atoms with Crippen molar-refractivity contribution in [1.82, 2.24) is 10.2 Å². The zero-order valence-corrected chi connectivity index (χ0v) is 9.81. The number of hydrogen-bond acceptors (Lipinski definition) is 2. The van der Waals surface area contributed by atoms with Gasteiger partial charge in [-0.3, -0.25) is 4.79 Å². The number of carbonyl (C=O) groups is 1. The molecule has 2 saturated heterocycles. The molecule has 3 rings (SSSR count). The summed E-state index contributed by atoms with van der Waals surface area (Å²) >= 11 is 0. The van der Waals surface area contributed by atoms with E-state index in [1.54, 1.807) is 0 Å². The smallest absolute Gasteiger partial charge is 0.225 e. The molecule has 1 spiro atoms. The monoisotopic (exact) mass is 230 g/mol. The lowest BCUT2D eigenvalue weighted by Gasteiger charge is -2.22. The highest BCUT2D eigenvalue weighted by atomic mass is 35.5. The Bertz CT molecular complexity index is 259. The van der Waals surface area contributed by atoms with Crippen molar-refractivity contribution in [2.45, 2.75) is 25.7 Å². The number of nitrogens with one attached hydrogen (secondary N) is 1. The highest BCUT2D eigenvalue weighted by Gasteiger charge is 2.44. The quantitative estimate of drug-likeness (QED) is 0.730. The first kappa shape index (κ1) is 11.2. The molecule has 15 heavy (non-hydrogen) atoms. The first-order chi connectivity index (χ1) is 6.79. The molecular formula is C11H19ClN2O. The molecule has 0 radical (unpaired) electrons. The number of halogens is 1. The first-order valence-corrected chi connectivity index (χ1v) is 5.79.